The quantitative estimate of drug-likeness (QED) is 0.188. The molecule has 4 nitrogen and oxygen atoms in total. The predicted octanol–water partition coefficient (Wildman–Crippen LogP) is 4.92. The number of aliphatic hydroxyl groups is 1. The van der Waals surface area contributed by atoms with Gasteiger partial charge in [0.2, 0.25) is 0 Å². The summed E-state index contributed by atoms with van der Waals surface area (Å²) in [6.07, 6.45) is 23.5. The second-order valence-electron chi connectivity index (χ2n) is 5.93. The molecule has 0 amide bonds. The van der Waals surface area contributed by atoms with Gasteiger partial charge in [-0.2, -0.15) is 0 Å². The lowest BCUT2D eigenvalue weighted by Gasteiger charge is -2.05. The van der Waals surface area contributed by atoms with Gasteiger partial charge in [0, 0.05) is 6.42 Å². The maximum atomic E-state index is 11.6. The van der Waals surface area contributed by atoms with Crippen molar-refractivity contribution in [1.82, 2.24) is 0 Å². The van der Waals surface area contributed by atoms with Crippen molar-refractivity contribution < 1.29 is 19.8 Å². The molecular weight excluding hydrogens is 328 g/mol. The van der Waals surface area contributed by atoms with Gasteiger partial charge >= 0.3 is 5.97 Å². The van der Waals surface area contributed by atoms with Gasteiger partial charge in [-0.1, -0.05) is 80.9 Å². The molecule has 0 aliphatic heterocycles. The summed E-state index contributed by atoms with van der Waals surface area (Å²) in [5.41, 5.74) is 0. The molecule has 0 heterocycles. The number of aliphatic hydroxyl groups excluding tert-OH is 1. The molecule has 1 unspecified atom stereocenters. The summed E-state index contributed by atoms with van der Waals surface area (Å²) in [7, 11) is 0. The molecule has 0 rings (SSSR count). The van der Waals surface area contributed by atoms with E-state index in [0.29, 0.717) is 12.8 Å². The van der Waals surface area contributed by atoms with Crippen molar-refractivity contribution in [3.05, 3.63) is 60.8 Å². The Kier molecular flexibility index (Phi) is 16.1. The lowest BCUT2D eigenvalue weighted by molar-refractivity contribution is -0.136. The number of ketones is 1. The van der Waals surface area contributed by atoms with Crippen molar-refractivity contribution in [2.75, 3.05) is 0 Å². The van der Waals surface area contributed by atoms with Crippen molar-refractivity contribution in [2.45, 2.75) is 64.4 Å². The fraction of sp³-hybridized carbons (Fsp3) is 0.455. The molecule has 0 aliphatic carbocycles. The van der Waals surface area contributed by atoms with E-state index in [1.54, 1.807) is 12.2 Å². The van der Waals surface area contributed by atoms with Gasteiger partial charge < -0.3 is 10.2 Å². The van der Waals surface area contributed by atoms with E-state index in [4.69, 9.17) is 5.11 Å². The van der Waals surface area contributed by atoms with Crippen molar-refractivity contribution in [3.63, 3.8) is 0 Å². The van der Waals surface area contributed by atoms with Crippen LogP contribution in [0.3, 0.4) is 0 Å². The van der Waals surface area contributed by atoms with Crippen LogP contribution < -0.4 is 0 Å². The van der Waals surface area contributed by atoms with Crippen LogP contribution in [0.15, 0.2) is 60.8 Å². The van der Waals surface area contributed by atoms with Crippen LogP contribution in [0.4, 0.5) is 0 Å². The molecular formula is C22H32O4. The van der Waals surface area contributed by atoms with Crippen molar-refractivity contribution >= 4 is 11.8 Å². The van der Waals surface area contributed by atoms with Crippen LogP contribution >= 0.6 is 0 Å². The topological polar surface area (TPSA) is 74.6 Å². The Balaban J connectivity index is 3.81. The van der Waals surface area contributed by atoms with Crippen molar-refractivity contribution in [2.24, 2.45) is 0 Å². The molecule has 4 heteroatoms. The summed E-state index contributed by atoms with van der Waals surface area (Å²) in [5.74, 6) is -1.01. The average Bonchev–Trinajstić information content (AvgIpc) is 2.61. The van der Waals surface area contributed by atoms with E-state index in [1.807, 2.05) is 42.5 Å². The van der Waals surface area contributed by atoms with Crippen LogP contribution in [-0.2, 0) is 9.59 Å². The third-order valence-electron chi connectivity index (χ3n) is 3.54. The summed E-state index contributed by atoms with van der Waals surface area (Å²) in [5, 5.41) is 18.2. The molecule has 0 spiro atoms. The van der Waals surface area contributed by atoms with Gasteiger partial charge in [0.15, 0.2) is 5.78 Å². The summed E-state index contributed by atoms with van der Waals surface area (Å²) in [4.78, 5) is 22.0. The van der Waals surface area contributed by atoms with E-state index in [1.165, 1.54) is 6.08 Å². The highest BCUT2D eigenvalue weighted by atomic mass is 16.4. The van der Waals surface area contributed by atoms with E-state index in [0.717, 1.165) is 32.1 Å². The monoisotopic (exact) mass is 360 g/mol. The minimum atomic E-state index is -0.884. The van der Waals surface area contributed by atoms with Gasteiger partial charge in [-0.3, -0.25) is 9.59 Å². The maximum Gasteiger partial charge on any atom is 0.303 e. The number of hydrogen-bond donors (Lipinski definition) is 2. The van der Waals surface area contributed by atoms with Crippen molar-refractivity contribution in [1.29, 1.82) is 0 Å². The lowest BCUT2D eigenvalue weighted by Crippen LogP contribution is -2.17. The molecule has 0 aliphatic rings. The lowest BCUT2D eigenvalue weighted by atomic mass is 10.1. The third-order valence-corrected chi connectivity index (χ3v) is 3.54. The number of hydrogen-bond acceptors (Lipinski definition) is 3. The zero-order valence-electron chi connectivity index (χ0n) is 15.7. The highest BCUT2D eigenvalue weighted by molar-refractivity contribution is 5.93. The number of carboxylic acids is 1. The van der Waals surface area contributed by atoms with Gasteiger partial charge in [-0.25, -0.2) is 0 Å². The van der Waals surface area contributed by atoms with Gasteiger partial charge in [-0.05, 0) is 31.8 Å². The number of aliphatic carboxylic acids is 1. The highest BCUT2D eigenvalue weighted by Crippen LogP contribution is 2.04. The summed E-state index contributed by atoms with van der Waals surface area (Å²) >= 11 is 0. The smallest absolute Gasteiger partial charge is 0.303 e. The molecule has 0 radical (unpaired) electrons. The fourth-order valence-electron chi connectivity index (χ4n) is 2.05. The molecule has 0 bridgehead atoms. The molecule has 1 atom stereocenters. The minimum absolute atomic E-state index is 0.174. The predicted molar refractivity (Wildman–Crippen MR) is 107 cm³/mol. The van der Waals surface area contributed by atoms with Gasteiger partial charge in [0.1, 0.15) is 6.10 Å². The Labute approximate surface area is 157 Å². The molecule has 0 aromatic carbocycles. The number of carboxylic acid groups (broad SMARTS) is 1. The first kappa shape index (κ1) is 23.8. The molecule has 26 heavy (non-hydrogen) atoms. The molecule has 0 saturated heterocycles. The maximum absolute atomic E-state index is 11.6. The van der Waals surface area contributed by atoms with Crippen LogP contribution in [0.25, 0.3) is 0 Å². The second-order valence-corrected chi connectivity index (χ2v) is 5.93. The van der Waals surface area contributed by atoms with Gasteiger partial charge in [0.25, 0.3) is 0 Å². The largest absolute Gasteiger partial charge is 0.481 e. The molecule has 0 saturated carbocycles. The Morgan fingerprint density at radius 3 is 2.23 bits per heavy atom. The first-order valence-electron chi connectivity index (χ1n) is 9.31. The molecule has 2 N–H and O–H groups in total. The Hall–Kier alpha value is -2.20. The van der Waals surface area contributed by atoms with Crippen LogP contribution in [0.1, 0.15) is 58.3 Å². The number of allylic oxidation sites excluding steroid dienone is 9. The van der Waals surface area contributed by atoms with Gasteiger partial charge in [0.05, 0.1) is 0 Å². The normalized spacial score (nSPS) is 13.8. The molecule has 144 valence electrons. The van der Waals surface area contributed by atoms with E-state index >= 15 is 0 Å². The van der Waals surface area contributed by atoms with Crippen LogP contribution in [0.5, 0.6) is 0 Å². The Morgan fingerprint density at radius 2 is 1.54 bits per heavy atom. The highest BCUT2D eigenvalue weighted by Gasteiger charge is 2.10. The minimum Gasteiger partial charge on any atom is -0.481 e. The summed E-state index contributed by atoms with van der Waals surface area (Å²) < 4.78 is 0. The average molecular weight is 360 g/mol. The number of rotatable bonds is 15. The van der Waals surface area contributed by atoms with Gasteiger partial charge in [-0.15, -0.1) is 0 Å². The zero-order valence-corrected chi connectivity index (χ0v) is 15.7. The zero-order chi connectivity index (χ0) is 19.5. The standard InChI is InChI=1S/C22H32O4/c1-2-3-14-17-20(23)21(24)18-15-12-10-8-6-4-5-7-9-11-13-16-19-22(25)26/h5-8,10-13,15,18,20,23H,2-4,9,14,16-17,19H2,1H3,(H,25,26)/b7-5-,8-6-,12-10-,13-11-,18-15+. The van der Waals surface area contributed by atoms with E-state index < -0.39 is 12.1 Å². The molecule has 0 aromatic rings. The number of carbonyl (C=O) groups excluding carboxylic acids is 1. The number of carbonyl (C=O) groups is 2. The van der Waals surface area contributed by atoms with E-state index in [2.05, 4.69) is 6.92 Å². The first-order valence-corrected chi connectivity index (χ1v) is 9.31. The molecule has 0 fully saturated rings. The fourth-order valence-corrected chi connectivity index (χ4v) is 2.05. The number of unbranched alkanes of at least 4 members (excludes halogenated alkanes) is 2. The SMILES string of the molecule is CCCCCC(O)C(=O)/C=C/C=C\C=C/C/C=C\C/C=C\CCC(=O)O. The summed E-state index contributed by atoms with van der Waals surface area (Å²) in [6.45, 7) is 2.09. The van der Waals surface area contributed by atoms with Crippen LogP contribution in [0, 0.1) is 0 Å². The van der Waals surface area contributed by atoms with E-state index in [-0.39, 0.29) is 12.2 Å². The Morgan fingerprint density at radius 1 is 0.885 bits per heavy atom. The first-order chi connectivity index (χ1) is 12.6. The Bertz CT molecular complexity index is 524. The van der Waals surface area contributed by atoms with Crippen LogP contribution in [0.2, 0.25) is 0 Å². The molecule has 0 aromatic heterocycles. The van der Waals surface area contributed by atoms with E-state index in [9.17, 15) is 14.7 Å². The summed E-state index contributed by atoms with van der Waals surface area (Å²) in [6, 6.07) is 0. The van der Waals surface area contributed by atoms with Crippen molar-refractivity contribution in [3.8, 4) is 0 Å². The van der Waals surface area contributed by atoms with Crippen LogP contribution in [-0.4, -0.2) is 28.1 Å². The third kappa shape index (κ3) is 16.7. The second kappa shape index (κ2) is 17.6.